The minimum Gasteiger partial charge on any atom is -0.465 e. The number of esters is 1. The third-order valence-electron chi connectivity index (χ3n) is 5.81. The second-order valence-electron chi connectivity index (χ2n) is 8.48. The van der Waals surface area contributed by atoms with E-state index in [2.05, 4.69) is 22.4 Å². The third kappa shape index (κ3) is 5.58. The molecule has 1 aromatic heterocycles. The summed E-state index contributed by atoms with van der Waals surface area (Å²) < 4.78 is 4.90. The molecule has 0 unspecified atom stereocenters. The van der Waals surface area contributed by atoms with Crippen LogP contribution in [-0.2, 0) is 17.8 Å². The molecule has 0 aliphatic heterocycles. The summed E-state index contributed by atoms with van der Waals surface area (Å²) in [5.74, 6) is -0.456. The molecule has 0 aliphatic rings. The van der Waals surface area contributed by atoms with E-state index < -0.39 is 5.97 Å². The van der Waals surface area contributed by atoms with Crippen LogP contribution in [0.3, 0.4) is 0 Å². The first kappa shape index (κ1) is 24.2. The van der Waals surface area contributed by atoms with Crippen LogP contribution in [0.15, 0.2) is 77.6 Å². The van der Waals surface area contributed by atoms with Crippen molar-refractivity contribution in [3.8, 4) is 0 Å². The summed E-state index contributed by atoms with van der Waals surface area (Å²) in [6.07, 6.45) is 0. The van der Waals surface area contributed by atoms with Crippen molar-refractivity contribution in [1.29, 1.82) is 0 Å². The molecule has 4 rings (SSSR count). The monoisotopic (exact) mass is 485 g/mol. The minimum atomic E-state index is -0.456. The number of anilines is 1. The van der Waals surface area contributed by atoms with Crippen LogP contribution in [0.2, 0.25) is 0 Å². The fourth-order valence-electron chi connectivity index (χ4n) is 4.13. The van der Waals surface area contributed by atoms with Crippen LogP contribution in [-0.4, -0.2) is 28.1 Å². The van der Waals surface area contributed by atoms with Gasteiger partial charge in [0.1, 0.15) is 0 Å². The summed E-state index contributed by atoms with van der Waals surface area (Å²) in [6, 6.07) is 23.0. The Balaban J connectivity index is 1.69. The number of fused-ring (bicyclic) bond motifs is 1. The topological polar surface area (TPSA) is 74.4 Å². The van der Waals surface area contributed by atoms with Gasteiger partial charge in [-0.25, -0.2) is 4.79 Å². The van der Waals surface area contributed by atoms with Gasteiger partial charge < -0.3 is 19.9 Å². The number of rotatable bonds is 6. The van der Waals surface area contributed by atoms with Crippen LogP contribution in [0.4, 0.5) is 5.69 Å². The number of carbonyl (C=O) groups is 1. The van der Waals surface area contributed by atoms with Crippen LogP contribution in [0.5, 0.6) is 0 Å². The number of benzene rings is 3. The highest BCUT2D eigenvalue weighted by atomic mass is 32.1. The molecule has 0 bridgehead atoms. The molecule has 178 valence electrons. The van der Waals surface area contributed by atoms with Gasteiger partial charge in [-0.2, -0.15) is 0 Å². The van der Waals surface area contributed by atoms with Crippen molar-refractivity contribution in [3.63, 3.8) is 0 Å². The van der Waals surface area contributed by atoms with Gasteiger partial charge in [0.05, 0.1) is 30.4 Å². The SMILES string of the molecule is COC(=O)c1ccccc1NC(=S)N(Cc1ccccc1)Cc1cc2cc(C)cc(C)c2[nH]c1=O. The highest BCUT2D eigenvalue weighted by molar-refractivity contribution is 7.80. The molecule has 2 N–H and O–H groups in total. The second kappa shape index (κ2) is 10.5. The van der Waals surface area contributed by atoms with Gasteiger partial charge in [0.2, 0.25) is 0 Å². The standard InChI is InChI=1S/C28H27N3O3S/c1-18-13-19(2)25-21(14-18)15-22(26(32)30-25)17-31(16-20-9-5-4-6-10-20)28(35)29-24-12-8-7-11-23(24)27(33)34-3/h4-15H,16-17H2,1-3H3,(H,29,35)(H,30,32). The maximum absolute atomic E-state index is 13.0. The van der Waals surface area contributed by atoms with Gasteiger partial charge in [-0.1, -0.05) is 54.1 Å². The van der Waals surface area contributed by atoms with E-state index in [0.29, 0.717) is 35.0 Å². The summed E-state index contributed by atoms with van der Waals surface area (Å²) >= 11 is 5.77. The molecule has 0 saturated heterocycles. The lowest BCUT2D eigenvalue weighted by molar-refractivity contribution is 0.0602. The average molecular weight is 486 g/mol. The maximum Gasteiger partial charge on any atom is 0.339 e. The molecule has 3 aromatic carbocycles. The van der Waals surface area contributed by atoms with Crippen molar-refractivity contribution >= 4 is 39.9 Å². The summed E-state index contributed by atoms with van der Waals surface area (Å²) in [5, 5.41) is 4.56. The maximum atomic E-state index is 13.0. The quantitative estimate of drug-likeness (QED) is 0.284. The van der Waals surface area contributed by atoms with E-state index >= 15 is 0 Å². The lowest BCUT2D eigenvalue weighted by Gasteiger charge is -2.26. The van der Waals surface area contributed by atoms with E-state index in [1.54, 1.807) is 18.2 Å². The Bertz CT molecular complexity index is 1450. The summed E-state index contributed by atoms with van der Waals surface area (Å²) in [5.41, 5.74) is 5.41. The molecule has 0 amide bonds. The Kier molecular flexibility index (Phi) is 7.27. The first-order valence-corrected chi connectivity index (χ1v) is 11.7. The van der Waals surface area contributed by atoms with Crippen molar-refractivity contribution in [1.82, 2.24) is 9.88 Å². The molecular formula is C28H27N3O3S. The smallest absolute Gasteiger partial charge is 0.339 e. The Morgan fingerprint density at radius 2 is 1.71 bits per heavy atom. The van der Waals surface area contributed by atoms with Gasteiger partial charge in [-0.3, -0.25) is 4.79 Å². The third-order valence-corrected chi connectivity index (χ3v) is 6.17. The van der Waals surface area contributed by atoms with Crippen molar-refractivity contribution in [2.24, 2.45) is 0 Å². The number of methoxy groups -OCH3 is 1. The Labute approximate surface area is 209 Å². The first-order valence-electron chi connectivity index (χ1n) is 11.3. The Morgan fingerprint density at radius 3 is 2.46 bits per heavy atom. The number of pyridine rings is 1. The predicted molar refractivity (Wildman–Crippen MR) is 144 cm³/mol. The summed E-state index contributed by atoms with van der Waals surface area (Å²) in [7, 11) is 1.34. The molecule has 0 fully saturated rings. The van der Waals surface area contributed by atoms with Crippen LogP contribution < -0.4 is 10.9 Å². The Morgan fingerprint density at radius 1 is 1.00 bits per heavy atom. The number of hydrogen-bond acceptors (Lipinski definition) is 4. The number of nitrogens with zero attached hydrogens (tertiary/aromatic N) is 1. The number of nitrogens with one attached hydrogen (secondary N) is 2. The van der Waals surface area contributed by atoms with E-state index in [-0.39, 0.29) is 5.56 Å². The van der Waals surface area contributed by atoms with Crippen molar-refractivity contribution in [2.45, 2.75) is 26.9 Å². The molecule has 35 heavy (non-hydrogen) atoms. The van der Waals surface area contributed by atoms with Crippen LogP contribution in [0.1, 0.15) is 32.6 Å². The fourth-order valence-corrected chi connectivity index (χ4v) is 4.37. The molecule has 0 aliphatic carbocycles. The van der Waals surface area contributed by atoms with Gasteiger partial charge in [0, 0.05) is 12.1 Å². The summed E-state index contributed by atoms with van der Waals surface area (Å²) in [6.45, 7) is 4.80. The second-order valence-corrected chi connectivity index (χ2v) is 8.87. The minimum absolute atomic E-state index is 0.153. The lowest BCUT2D eigenvalue weighted by atomic mass is 10.1. The largest absolute Gasteiger partial charge is 0.465 e. The number of aromatic amines is 1. The van der Waals surface area contributed by atoms with E-state index in [1.165, 1.54) is 7.11 Å². The zero-order chi connectivity index (χ0) is 24.9. The lowest BCUT2D eigenvalue weighted by Crippen LogP contribution is -2.36. The van der Waals surface area contributed by atoms with Gasteiger partial charge in [0.15, 0.2) is 5.11 Å². The van der Waals surface area contributed by atoms with Crippen LogP contribution >= 0.6 is 12.2 Å². The molecule has 1 heterocycles. The number of para-hydroxylation sites is 1. The fraction of sp³-hybridized carbons (Fsp3) is 0.179. The van der Waals surface area contributed by atoms with Gasteiger partial charge >= 0.3 is 5.97 Å². The number of carbonyl (C=O) groups excluding carboxylic acids is 1. The molecule has 0 radical (unpaired) electrons. The zero-order valence-corrected chi connectivity index (χ0v) is 20.7. The van der Waals surface area contributed by atoms with Crippen molar-refractivity contribution in [3.05, 3.63) is 111 Å². The van der Waals surface area contributed by atoms with Crippen LogP contribution in [0, 0.1) is 13.8 Å². The normalized spacial score (nSPS) is 10.7. The zero-order valence-electron chi connectivity index (χ0n) is 19.9. The number of ether oxygens (including phenoxy) is 1. The van der Waals surface area contributed by atoms with Gasteiger partial charge in [-0.15, -0.1) is 0 Å². The highest BCUT2D eigenvalue weighted by Gasteiger charge is 2.18. The number of hydrogen-bond donors (Lipinski definition) is 2. The van der Waals surface area contributed by atoms with E-state index in [1.807, 2.05) is 61.2 Å². The number of aromatic nitrogens is 1. The Hall–Kier alpha value is -3.97. The van der Waals surface area contributed by atoms with E-state index in [4.69, 9.17) is 17.0 Å². The highest BCUT2D eigenvalue weighted by Crippen LogP contribution is 2.21. The predicted octanol–water partition coefficient (Wildman–Crippen LogP) is 5.33. The summed E-state index contributed by atoms with van der Waals surface area (Å²) in [4.78, 5) is 30.2. The molecule has 0 saturated carbocycles. The van der Waals surface area contributed by atoms with Crippen molar-refractivity contribution in [2.75, 3.05) is 12.4 Å². The average Bonchev–Trinajstić information content (AvgIpc) is 2.85. The molecule has 0 spiro atoms. The van der Waals surface area contributed by atoms with Crippen LogP contribution in [0.25, 0.3) is 10.9 Å². The molecule has 6 nitrogen and oxygen atoms in total. The number of aryl methyl sites for hydroxylation is 2. The molecule has 0 atom stereocenters. The molecular weight excluding hydrogens is 458 g/mol. The molecule has 4 aromatic rings. The van der Waals surface area contributed by atoms with Crippen molar-refractivity contribution < 1.29 is 9.53 Å². The molecule has 7 heteroatoms. The number of H-pyrrole nitrogens is 1. The van der Waals surface area contributed by atoms with E-state index in [9.17, 15) is 9.59 Å². The van der Waals surface area contributed by atoms with Gasteiger partial charge in [0.25, 0.3) is 5.56 Å². The number of thiocarbonyl (C=S) groups is 1. The van der Waals surface area contributed by atoms with E-state index in [0.717, 1.165) is 27.6 Å². The van der Waals surface area contributed by atoms with Gasteiger partial charge in [-0.05, 0) is 66.8 Å². The first-order chi connectivity index (χ1) is 16.9.